The number of amides is 1. The maximum absolute atomic E-state index is 11.2. The van der Waals surface area contributed by atoms with Gasteiger partial charge in [-0.25, -0.2) is 4.79 Å². The zero-order valence-electron chi connectivity index (χ0n) is 8.40. The van der Waals surface area contributed by atoms with E-state index >= 15 is 0 Å². The fraction of sp³-hybridized carbons (Fsp3) is 0.556. The number of aliphatic carboxylic acids is 1. The molecule has 0 aliphatic carbocycles. The highest BCUT2D eigenvalue weighted by molar-refractivity contribution is 5.71. The maximum Gasteiger partial charge on any atom is 0.410 e. The third-order valence-corrected chi connectivity index (χ3v) is 1.74. The molecule has 0 saturated heterocycles. The molecule has 0 bridgehead atoms. The van der Waals surface area contributed by atoms with E-state index in [1.807, 2.05) is 0 Å². The van der Waals surface area contributed by atoms with Gasteiger partial charge in [-0.2, -0.15) is 0 Å². The predicted octanol–water partition coefficient (Wildman–Crippen LogP) is 1.10. The van der Waals surface area contributed by atoms with E-state index < -0.39 is 12.1 Å². The lowest BCUT2D eigenvalue weighted by Crippen LogP contribution is -2.36. The van der Waals surface area contributed by atoms with Gasteiger partial charge in [0.25, 0.3) is 0 Å². The molecule has 0 aromatic rings. The monoisotopic (exact) mass is 201 g/mol. The Morgan fingerprint density at radius 3 is 2.64 bits per heavy atom. The average Bonchev–Trinajstić information content (AvgIpc) is 2.11. The molecule has 1 atom stereocenters. The van der Waals surface area contributed by atoms with Gasteiger partial charge in [-0.15, -0.1) is 0 Å². The van der Waals surface area contributed by atoms with Crippen LogP contribution in [0.2, 0.25) is 0 Å². The van der Waals surface area contributed by atoms with E-state index in [0.29, 0.717) is 0 Å². The highest BCUT2D eigenvalue weighted by Crippen LogP contribution is 2.03. The quantitative estimate of drug-likeness (QED) is 0.676. The summed E-state index contributed by atoms with van der Waals surface area (Å²) >= 11 is 0. The van der Waals surface area contributed by atoms with Crippen LogP contribution in [0.5, 0.6) is 0 Å². The van der Waals surface area contributed by atoms with Crippen molar-refractivity contribution in [1.29, 1.82) is 0 Å². The molecule has 0 heterocycles. The molecule has 0 aromatic carbocycles. The number of hydrogen-bond donors (Lipinski definition) is 1. The van der Waals surface area contributed by atoms with Gasteiger partial charge >= 0.3 is 12.1 Å². The number of carboxylic acid groups (broad SMARTS) is 1. The summed E-state index contributed by atoms with van der Waals surface area (Å²) in [5.41, 5.74) is 0. The van der Waals surface area contributed by atoms with E-state index in [0.717, 1.165) is 0 Å². The first-order valence-electron chi connectivity index (χ1n) is 4.21. The van der Waals surface area contributed by atoms with E-state index in [-0.39, 0.29) is 19.1 Å². The molecule has 1 N–H and O–H groups in total. The third-order valence-electron chi connectivity index (χ3n) is 1.74. The molecule has 0 aromatic heterocycles. The molecule has 0 aliphatic rings. The van der Waals surface area contributed by atoms with Crippen LogP contribution in [0.3, 0.4) is 0 Å². The van der Waals surface area contributed by atoms with Crippen molar-refractivity contribution in [3.63, 3.8) is 0 Å². The second-order valence-electron chi connectivity index (χ2n) is 2.92. The van der Waals surface area contributed by atoms with E-state index in [4.69, 9.17) is 9.84 Å². The van der Waals surface area contributed by atoms with Crippen molar-refractivity contribution in [2.75, 3.05) is 13.7 Å². The summed E-state index contributed by atoms with van der Waals surface area (Å²) in [4.78, 5) is 22.8. The van der Waals surface area contributed by atoms with Crippen molar-refractivity contribution in [2.45, 2.75) is 19.4 Å². The zero-order chi connectivity index (χ0) is 11.1. The number of carbonyl (C=O) groups excluding carboxylic acids is 1. The van der Waals surface area contributed by atoms with Crippen LogP contribution in [-0.2, 0) is 9.53 Å². The molecule has 1 amide bonds. The van der Waals surface area contributed by atoms with Crippen LogP contribution in [-0.4, -0.2) is 41.8 Å². The van der Waals surface area contributed by atoms with Gasteiger partial charge < -0.3 is 14.7 Å². The fourth-order valence-corrected chi connectivity index (χ4v) is 0.802. The molecule has 0 radical (unpaired) electrons. The average molecular weight is 201 g/mol. The molecule has 0 spiro atoms. The van der Waals surface area contributed by atoms with Crippen molar-refractivity contribution in [2.24, 2.45) is 0 Å². The minimum atomic E-state index is -0.944. The smallest absolute Gasteiger partial charge is 0.410 e. The number of carbonyl (C=O) groups is 2. The molecular formula is C9H15NO4. The summed E-state index contributed by atoms with van der Waals surface area (Å²) in [6.45, 7) is 5.17. The summed E-state index contributed by atoms with van der Waals surface area (Å²) in [5.74, 6) is -0.944. The molecule has 0 aliphatic heterocycles. The second-order valence-corrected chi connectivity index (χ2v) is 2.92. The van der Waals surface area contributed by atoms with Crippen LogP contribution < -0.4 is 0 Å². The van der Waals surface area contributed by atoms with Crippen LogP contribution in [0.25, 0.3) is 0 Å². The Balaban J connectivity index is 4.02. The number of hydrogen-bond acceptors (Lipinski definition) is 3. The largest absolute Gasteiger partial charge is 0.481 e. The lowest BCUT2D eigenvalue weighted by atomic mass is 10.2. The summed E-state index contributed by atoms with van der Waals surface area (Å²) in [7, 11) is 1.50. The topological polar surface area (TPSA) is 66.8 Å². The summed E-state index contributed by atoms with van der Waals surface area (Å²) in [6.07, 6.45) is 0.812. The normalized spacial score (nSPS) is 11.6. The minimum Gasteiger partial charge on any atom is -0.481 e. The van der Waals surface area contributed by atoms with Crippen LogP contribution in [0.1, 0.15) is 13.3 Å². The number of carboxylic acids is 1. The van der Waals surface area contributed by atoms with E-state index in [9.17, 15) is 9.59 Å². The minimum absolute atomic E-state index is 0.0975. The van der Waals surface area contributed by atoms with Gasteiger partial charge in [0.05, 0.1) is 6.42 Å². The van der Waals surface area contributed by atoms with E-state index in [1.54, 1.807) is 6.92 Å². The molecule has 0 fully saturated rings. The molecule has 14 heavy (non-hydrogen) atoms. The first-order valence-corrected chi connectivity index (χ1v) is 4.21. The Hall–Kier alpha value is -1.52. The van der Waals surface area contributed by atoms with Crippen molar-refractivity contribution in [3.05, 3.63) is 12.7 Å². The third kappa shape index (κ3) is 4.49. The summed E-state index contributed by atoms with van der Waals surface area (Å²) < 4.78 is 4.73. The number of ether oxygens (including phenoxy) is 1. The van der Waals surface area contributed by atoms with Crippen LogP contribution in [0.15, 0.2) is 12.7 Å². The first kappa shape index (κ1) is 12.5. The van der Waals surface area contributed by atoms with Gasteiger partial charge in [-0.1, -0.05) is 12.7 Å². The second kappa shape index (κ2) is 6.01. The lowest BCUT2D eigenvalue weighted by Gasteiger charge is -2.22. The molecule has 0 rings (SSSR count). The van der Waals surface area contributed by atoms with Crippen molar-refractivity contribution < 1.29 is 19.4 Å². The number of nitrogens with zero attached hydrogens (tertiary/aromatic N) is 1. The Morgan fingerprint density at radius 1 is 1.64 bits per heavy atom. The fourth-order valence-electron chi connectivity index (χ4n) is 0.802. The van der Waals surface area contributed by atoms with Gasteiger partial charge in [0.1, 0.15) is 6.61 Å². The zero-order valence-corrected chi connectivity index (χ0v) is 8.40. The van der Waals surface area contributed by atoms with Gasteiger partial charge in [-0.05, 0) is 6.92 Å². The van der Waals surface area contributed by atoms with Crippen LogP contribution in [0.4, 0.5) is 4.79 Å². The SMILES string of the molecule is C=CCOC(=O)N(C)[C@H](C)CC(=O)O. The lowest BCUT2D eigenvalue weighted by molar-refractivity contribution is -0.138. The molecular weight excluding hydrogens is 186 g/mol. The molecule has 5 nitrogen and oxygen atoms in total. The van der Waals surface area contributed by atoms with E-state index in [2.05, 4.69) is 6.58 Å². The van der Waals surface area contributed by atoms with Gasteiger partial charge in [0.15, 0.2) is 0 Å². The standard InChI is InChI=1S/C9H15NO4/c1-4-5-14-9(13)10(3)7(2)6-8(11)12/h4,7H,1,5-6H2,2-3H3,(H,11,12)/t7-/m1/s1. The Labute approximate surface area is 83.0 Å². The Bertz CT molecular complexity index is 227. The highest BCUT2D eigenvalue weighted by atomic mass is 16.6. The van der Waals surface area contributed by atoms with Gasteiger partial charge in [0.2, 0.25) is 0 Å². The summed E-state index contributed by atoms with van der Waals surface area (Å²) in [5, 5.41) is 8.50. The van der Waals surface area contributed by atoms with E-state index in [1.165, 1.54) is 18.0 Å². The number of rotatable bonds is 5. The van der Waals surface area contributed by atoms with Crippen molar-refractivity contribution >= 4 is 12.1 Å². The first-order chi connectivity index (χ1) is 6.49. The maximum atomic E-state index is 11.2. The Morgan fingerprint density at radius 2 is 2.21 bits per heavy atom. The molecule has 0 unspecified atom stereocenters. The molecule has 0 saturated carbocycles. The van der Waals surface area contributed by atoms with Gasteiger partial charge in [0, 0.05) is 13.1 Å². The van der Waals surface area contributed by atoms with Crippen molar-refractivity contribution in [3.8, 4) is 0 Å². The summed E-state index contributed by atoms with van der Waals surface area (Å²) in [6, 6.07) is -0.384. The van der Waals surface area contributed by atoms with Crippen LogP contribution in [0, 0.1) is 0 Å². The molecule has 5 heteroatoms. The molecule has 80 valence electrons. The Kier molecular flexibility index (Phi) is 5.36. The van der Waals surface area contributed by atoms with Crippen molar-refractivity contribution in [1.82, 2.24) is 4.90 Å². The predicted molar refractivity (Wildman–Crippen MR) is 51.0 cm³/mol. The van der Waals surface area contributed by atoms with Crippen LogP contribution >= 0.6 is 0 Å². The highest BCUT2D eigenvalue weighted by Gasteiger charge is 2.18. The van der Waals surface area contributed by atoms with Gasteiger partial charge in [-0.3, -0.25) is 4.79 Å².